The van der Waals surface area contributed by atoms with E-state index in [1.165, 1.54) is 91.7 Å². The van der Waals surface area contributed by atoms with Gasteiger partial charge in [-0.2, -0.15) is 0 Å². The van der Waals surface area contributed by atoms with Crippen LogP contribution in [0.4, 0.5) is 17.1 Å². The minimum Gasteiger partial charge on any atom is -0.338 e. The minimum absolute atomic E-state index is 0.0604. The van der Waals surface area contributed by atoms with E-state index in [1.807, 2.05) is 0 Å². The third kappa shape index (κ3) is 5.29. The van der Waals surface area contributed by atoms with Gasteiger partial charge in [0.1, 0.15) is 0 Å². The third-order valence-corrected chi connectivity index (χ3v) is 12.5. The lowest BCUT2D eigenvalue weighted by atomic mass is 9.76. The fourth-order valence-corrected chi connectivity index (χ4v) is 9.93. The molecule has 2 heterocycles. The summed E-state index contributed by atoms with van der Waals surface area (Å²) in [4.78, 5) is 5.17. The number of hydrogen-bond donors (Lipinski definition) is 0. The summed E-state index contributed by atoms with van der Waals surface area (Å²) in [5.41, 5.74) is 16.5. The quantitative estimate of drug-likeness (QED) is 0.176. The van der Waals surface area contributed by atoms with Crippen molar-refractivity contribution in [1.29, 1.82) is 0 Å². The van der Waals surface area contributed by atoms with Crippen LogP contribution in [0.5, 0.6) is 0 Å². The first kappa shape index (κ1) is 32.1. The van der Waals surface area contributed by atoms with E-state index in [1.54, 1.807) is 5.57 Å². The molecule has 0 spiro atoms. The Balaban J connectivity index is 0.989. The van der Waals surface area contributed by atoms with Crippen LogP contribution in [0.3, 0.4) is 0 Å². The molecule has 0 saturated carbocycles. The molecule has 2 nitrogen and oxygen atoms in total. The second-order valence-corrected chi connectivity index (χ2v) is 16.8. The molecule has 256 valence electrons. The molecule has 51 heavy (non-hydrogen) atoms. The van der Waals surface area contributed by atoms with Gasteiger partial charge in [-0.15, -0.1) is 0 Å². The summed E-state index contributed by atoms with van der Waals surface area (Å²) in [5.74, 6) is 0.632. The number of hydrogen-bond acceptors (Lipinski definition) is 2. The molecule has 9 rings (SSSR count). The Morgan fingerprint density at radius 3 is 2.22 bits per heavy atom. The third-order valence-electron chi connectivity index (χ3n) is 12.5. The predicted octanol–water partition coefficient (Wildman–Crippen LogP) is 13.0. The normalized spacial score (nSPS) is 21.5. The molecule has 2 aliphatic heterocycles. The number of anilines is 3. The van der Waals surface area contributed by atoms with E-state index >= 15 is 0 Å². The van der Waals surface area contributed by atoms with Crippen LogP contribution in [0.1, 0.15) is 95.0 Å². The first-order valence-corrected chi connectivity index (χ1v) is 19.2. The number of aryl methyl sites for hydroxylation is 1. The highest BCUT2D eigenvalue weighted by Gasteiger charge is 2.41. The molecule has 2 heteroatoms. The highest BCUT2D eigenvalue weighted by atomic mass is 15.2. The first-order valence-electron chi connectivity index (χ1n) is 19.2. The smallest absolute Gasteiger partial charge is 0.0445 e. The van der Waals surface area contributed by atoms with Crippen molar-refractivity contribution in [1.82, 2.24) is 0 Å². The summed E-state index contributed by atoms with van der Waals surface area (Å²) in [6, 6.07) is 37.5. The molecule has 0 bridgehead atoms. The van der Waals surface area contributed by atoms with Crippen LogP contribution < -0.4 is 9.80 Å². The monoisotopic (exact) mass is 666 g/mol. The SMILES string of the molecule is CC1CC(C)(C)N(c2ccc3c(c2)C(C)(C)c2cc(C=Cc4ccc5cc(N6c7ccccc7CCC6C)ccc5c4)ccc2-3)C2=C1CCC=C2. The zero-order chi connectivity index (χ0) is 35.1. The van der Waals surface area contributed by atoms with Crippen LogP contribution >= 0.6 is 0 Å². The highest BCUT2D eigenvalue weighted by Crippen LogP contribution is 2.52. The summed E-state index contributed by atoms with van der Waals surface area (Å²) >= 11 is 0. The molecule has 0 aromatic heterocycles. The van der Waals surface area contributed by atoms with E-state index < -0.39 is 0 Å². The Labute approximate surface area is 304 Å². The summed E-state index contributed by atoms with van der Waals surface area (Å²) in [5, 5.41) is 2.56. The van der Waals surface area contributed by atoms with Gasteiger partial charge >= 0.3 is 0 Å². The lowest BCUT2D eigenvalue weighted by Gasteiger charge is -2.49. The fourth-order valence-electron chi connectivity index (χ4n) is 9.93. The Morgan fingerprint density at radius 2 is 1.37 bits per heavy atom. The maximum absolute atomic E-state index is 2.64. The number of rotatable bonds is 4. The van der Waals surface area contributed by atoms with E-state index in [-0.39, 0.29) is 11.0 Å². The average molecular weight is 667 g/mol. The van der Waals surface area contributed by atoms with Crippen LogP contribution in [-0.2, 0) is 11.8 Å². The molecule has 2 unspecified atom stereocenters. The first-order chi connectivity index (χ1) is 24.6. The lowest BCUT2D eigenvalue weighted by Crippen LogP contribution is -2.48. The van der Waals surface area contributed by atoms with E-state index in [0.29, 0.717) is 12.0 Å². The zero-order valence-electron chi connectivity index (χ0n) is 31.1. The van der Waals surface area contributed by atoms with Crippen LogP contribution in [0, 0.1) is 5.92 Å². The molecule has 0 fully saturated rings. The number of nitrogens with zero attached hydrogens (tertiary/aromatic N) is 2. The summed E-state index contributed by atoms with van der Waals surface area (Å²) < 4.78 is 0. The largest absolute Gasteiger partial charge is 0.338 e. The van der Waals surface area contributed by atoms with Gasteiger partial charge < -0.3 is 9.80 Å². The van der Waals surface area contributed by atoms with Crippen molar-refractivity contribution in [3.05, 3.63) is 148 Å². The summed E-state index contributed by atoms with van der Waals surface area (Å²) in [6.07, 6.45) is 15.2. The zero-order valence-corrected chi connectivity index (χ0v) is 31.1. The van der Waals surface area contributed by atoms with Gasteiger partial charge in [-0.3, -0.25) is 0 Å². The standard InChI is InChI=1S/C49H50N2/c1-32-31-48(3,4)51(47-14-10-8-12-41(32)47)40-24-26-43-42-25-19-35(28-44(42)49(5,6)45(43)30-40)17-16-34-18-21-38-29-39(23-22-37(38)27-34)50-33(2)15-20-36-11-7-9-13-46(36)50/h7,9-11,13-14,16-19,21-30,32-33H,8,12,15,20,31H2,1-6H3. The molecular formula is C49H50N2. The second kappa shape index (κ2) is 11.9. The van der Waals surface area contributed by atoms with Crippen LogP contribution in [0.15, 0.2) is 120 Å². The van der Waals surface area contributed by atoms with Crippen molar-refractivity contribution in [2.75, 3.05) is 9.80 Å². The number of benzene rings is 5. The van der Waals surface area contributed by atoms with E-state index in [9.17, 15) is 0 Å². The van der Waals surface area contributed by atoms with Gasteiger partial charge in [-0.25, -0.2) is 0 Å². The molecule has 0 saturated heterocycles. The Morgan fingerprint density at radius 1 is 0.686 bits per heavy atom. The van der Waals surface area contributed by atoms with Gasteiger partial charge in [0.25, 0.3) is 0 Å². The second-order valence-electron chi connectivity index (χ2n) is 16.8. The fraction of sp³-hybridized carbons (Fsp3) is 0.306. The van der Waals surface area contributed by atoms with Crippen LogP contribution in [0.25, 0.3) is 34.1 Å². The maximum Gasteiger partial charge on any atom is 0.0445 e. The van der Waals surface area contributed by atoms with Gasteiger partial charge in [0.05, 0.1) is 0 Å². The van der Waals surface area contributed by atoms with Gasteiger partial charge in [-0.1, -0.05) is 99.7 Å². The number of para-hydroxylation sites is 1. The van der Waals surface area contributed by atoms with Gasteiger partial charge in [0.2, 0.25) is 0 Å². The maximum atomic E-state index is 2.64. The molecule has 0 radical (unpaired) electrons. The van der Waals surface area contributed by atoms with Crippen molar-refractivity contribution in [3.63, 3.8) is 0 Å². The molecule has 2 aliphatic carbocycles. The lowest BCUT2D eigenvalue weighted by molar-refractivity contribution is 0.363. The molecule has 5 aromatic rings. The van der Waals surface area contributed by atoms with Gasteiger partial charge in [0, 0.05) is 39.8 Å². The Kier molecular flexibility index (Phi) is 7.48. The molecule has 2 atom stereocenters. The molecule has 0 amide bonds. The molecule has 5 aromatic carbocycles. The highest BCUT2D eigenvalue weighted by molar-refractivity contribution is 5.90. The Bertz CT molecular complexity index is 2300. The van der Waals surface area contributed by atoms with E-state index in [2.05, 4.69) is 173 Å². The van der Waals surface area contributed by atoms with Crippen molar-refractivity contribution in [3.8, 4) is 11.1 Å². The Hall–Kier alpha value is -4.82. The minimum atomic E-state index is -0.0790. The van der Waals surface area contributed by atoms with Crippen molar-refractivity contribution in [2.24, 2.45) is 5.92 Å². The molecule has 4 aliphatic rings. The van der Waals surface area contributed by atoms with E-state index in [4.69, 9.17) is 0 Å². The van der Waals surface area contributed by atoms with Crippen LogP contribution in [0.2, 0.25) is 0 Å². The van der Waals surface area contributed by atoms with Crippen molar-refractivity contribution >= 4 is 40.0 Å². The average Bonchev–Trinajstić information content (AvgIpc) is 3.35. The van der Waals surface area contributed by atoms with Crippen LogP contribution in [-0.4, -0.2) is 11.6 Å². The summed E-state index contributed by atoms with van der Waals surface area (Å²) in [6.45, 7) is 14.4. The topological polar surface area (TPSA) is 6.48 Å². The molecule has 0 N–H and O–H groups in total. The molecular weight excluding hydrogens is 617 g/mol. The van der Waals surface area contributed by atoms with Gasteiger partial charge in [-0.05, 0) is 157 Å². The number of allylic oxidation sites excluding steroid dienone is 3. The van der Waals surface area contributed by atoms with Crippen molar-refractivity contribution < 1.29 is 0 Å². The number of fused-ring (bicyclic) bond motifs is 5. The summed E-state index contributed by atoms with van der Waals surface area (Å²) in [7, 11) is 0. The predicted molar refractivity (Wildman–Crippen MR) is 219 cm³/mol. The van der Waals surface area contributed by atoms with Crippen molar-refractivity contribution in [2.45, 2.75) is 90.6 Å². The van der Waals surface area contributed by atoms with E-state index in [0.717, 1.165) is 12.8 Å². The van der Waals surface area contributed by atoms with Gasteiger partial charge in [0.15, 0.2) is 0 Å².